The van der Waals surface area contributed by atoms with Crippen molar-refractivity contribution in [1.82, 2.24) is 14.1 Å². The molecular weight excluding hydrogens is 408 g/mol. The molecule has 0 aliphatic carbocycles. The third-order valence-electron chi connectivity index (χ3n) is 4.63. The van der Waals surface area contributed by atoms with Gasteiger partial charge in [0.05, 0.1) is 17.7 Å². The van der Waals surface area contributed by atoms with Crippen LogP contribution < -0.4 is 16.0 Å². The molecule has 0 fully saturated rings. The molecule has 0 bridgehead atoms. The molecule has 2 heterocycles. The van der Waals surface area contributed by atoms with Crippen molar-refractivity contribution < 1.29 is 14.3 Å². The molecular formula is C24H24N4O4. The Hall–Kier alpha value is -4.07. The zero-order valence-electron chi connectivity index (χ0n) is 18.1. The fraction of sp³-hybridized carbons (Fsp3) is 0.208. The highest BCUT2D eigenvalue weighted by Gasteiger charge is 2.25. The van der Waals surface area contributed by atoms with Crippen LogP contribution in [0.1, 0.15) is 26.6 Å². The molecule has 4 rings (SSSR count). The first-order valence-corrected chi connectivity index (χ1v) is 10.1. The van der Waals surface area contributed by atoms with Gasteiger partial charge in [-0.3, -0.25) is 4.79 Å². The second-order valence-electron chi connectivity index (χ2n) is 8.28. The van der Waals surface area contributed by atoms with Crippen LogP contribution in [0.15, 0.2) is 71.7 Å². The maximum absolute atomic E-state index is 13.1. The van der Waals surface area contributed by atoms with E-state index in [2.05, 4.69) is 4.98 Å². The van der Waals surface area contributed by atoms with E-state index in [1.165, 1.54) is 15.2 Å². The summed E-state index contributed by atoms with van der Waals surface area (Å²) in [6.07, 6.45) is 1.00. The van der Waals surface area contributed by atoms with Crippen LogP contribution in [-0.2, 0) is 11.3 Å². The van der Waals surface area contributed by atoms with Gasteiger partial charge in [0.2, 0.25) is 0 Å². The molecule has 8 heteroatoms. The van der Waals surface area contributed by atoms with Crippen LogP contribution in [0.5, 0.6) is 11.5 Å². The minimum atomic E-state index is -0.711. The highest BCUT2D eigenvalue weighted by molar-refractivity contribution is 5.91. The van der Waals surface area contributed by atoms with Crippen molar-refractivity contribution in [2.24, 2.45) is 0 Å². The smallest absolute Gasteiger partial charge is 0.420 e. The molecule has 0 amide bonds. The molecule has 0 unspecified atom stereocenters. The molecule has 0 radical (unpaired) electrons. The fourth-order valence-corrected chi connectivity index (χ4v) is 3.27. The quantitative estimate of drug-likeness (QED) is 0.513. The third kappa shape index (κ3) is 4.34. The number of nitrogens with zero attached hydrogens (tertiary/aromatic N) is 3. The van der Waals surface area contributed by atoms with Crippen LogP contribution in [-0.4, -0.2) is 25.8 Å². The summed E-state index contributed by atoms with van der Waals surface area (Å²) in [5.74, 6) is 1.45. The van der Waals surface area contributed by atoms with Gasteiger partial charge in [0.25, 0.3) is 5.56 Å². The number of rotatable bonds is 4. The van der Waals surface area contributed by atoms with Crippen LogP contribution in [0.3, 0.4) is 0 Å². The molecule has 2 N–H and O–H groups in total. The van der Waals surface area contributed by atoms with E-state index < -0.39 is 11.7 Å². The van der Waals surface area contributed by atoms with Crippen LogP contribution >= 0.6 is 0 Å². The standard InChI is InChI=1S/C24H24N4O4/c1-24(2,3)32-23(30)28-18-12-7-13-19(31-16-9-5-4-6-10-16)21(18)26-20(28)15-27-14-8-11-17(25)22(27)29/h4-14H,15,25H2,1-3H3. The molecule has 0 saturated carbocycles. The van der Waals surface area contributed by atoms with Gasteiger partial charge in [0, 0.05) is 6.20 Å². The monoisotopic (exact) mass is 432 g/mol. The van der Waals surface area contributed by atoms with Crippen molar-refractivity contribution in [2.45, 2.75) is 32.9 Å². The third-order valence-corrected chi connectivity index (χ3v) is 4.63. The van der Waals surface area contributed by atoms with Gasteiger partial charge in [-0.2, -0.15) is 0 Å². The SMILES string of the molecule is CC(C)(C)OC(=O)n1c(Cn2cccc(N)c2=O)nc2c(Oc3ccccc3)cccc21. The zero-order chi connectivity index (χ0) is 22.9. The summed E-state index contributed by atoms with van der Waals surface area (Å²) in [4.78, 5) is 30.2. The Balaban J connectivity index is 1.86. The number of carbonyl (C=O) groups excluding carboxylic acids is 1. The number of hydrogen-bond acceptors (Lipinski definition) is 6. The van der Waals surface area contributed by atoms with Gasteiger partial charge in [-0.25, -0.2) is 14.3 Å². The number of nitrogen functional groups attached to an aromatic ring is 1. The predicted molar refractivity (Wildman–Crippen MR) is 122 cm³/mol. The molecule has 0 aliphatic heterocycles. The highest BCUT2D eigenvalue weighted by Crippen LogP contribution is 2.31. The Morgan fingerprint density at radius 1 is 1.03 bits per heavy atom. The second kappa shape index (κ2) is 8.22. The first kappa shape index (κ1) is 21.2. The number of carbonyl (C=O) groups is 1. The van der Waals surface area contributed by atoms with E-state index >= 15 is 0 Å². The lowest BCUT2D eigenvalue weighted by molar-refractivity contribution is 0.0538. The number of anilines is 1. The lowest BCUT2D eigenvalue weighted by Gasteiger charge is -2.20. The highest BCUT2D eigenvalue weighted by atomic mass is 16.6. The predicted octanol–water partition coefficient (Wildman–Crippen LogP) is 4.40. The largest absolute Gasteiger partial charge is 0.455 e. The van der Waals surface area contributed by atoms with Gasteiger partial charge in [0.1, 0.15) is 22.7 Å². The summed E-state index contributed by atoms with van der Waals surface area (Å²) < 4.78 is 14.4. The summed E-state index contributed by atoms with van der Waals surface area (Å²) in [6, 6.07) is 17.8. The molecule has 164 valence electrons. The summed E-state index contributed by atoms with van der Waals surface area (Å²) in [5.41, 5.74) is 5.80. The minimum Gasteiger partial charge on any atom is -0.455 e. The summed E-state index contributed by atoms with van der Waals surface area (Å²) >= 11 is 0. The molecule has 2 aromatic heterocycles. The van der Waals surface area contributed by atoms with Crippen molar-refractivity contribution in [3.05, 3.63) is 83.0 Å². The van der Waals surface area contributed by atoms with E-state index in [1.54, 1.807) is 51.2 Å². The number of para-hydroxylation sites is 2. The van der Waals surface area contributed by atoms with Crippen molar-refractivity contribution in [3.63, 3.8) is 0 Å². The first-order valence-electron chi connectivity index (χ1n) is 10.1. The van der Waals surface area contributed by atoms with Gasteiger partial charge in [0.15, 0.2) is 5.75 Å². The fourth-order valence-electron chi connectivity index (χ4n) is 3.27. The van der Waals surface area contributed by atoms with E-state index in [0.29, 0.717) is 28.4 Å². The second-order valence-corrected chi connectivity index (χ2v) is 8.28. The Kier molecular flexibility index (Phi) is 5.44. The summed E-state index contributed by atoms with van der Waals surface area (Å²) in [5, 5.41) is 0. The van der Waals surface area contributed by atoms with Crippen molar-refractivity contribution in [2.75, 3.05) is 5.73 Å². The zero-order valence-corrected chi connectivity index (χ0v) is 18.1. The molecule has 0 atom stereocenters. The van der Waals surface area contributed by atoms with Gasteiger partial charge in [-0.15, -0.1) is 0 Å². The van der Waals surface area contributed by atoms with Gasteiger partial charge in [-0.1, -0.05) is 24.3 Å². The number of aromatic nitrogens is 3. The number of pyridine rings is 1. The van der Waals surface area contributed by atoms with Gasteiger partial charge < -0.3 is 19.8 Å². The van der Waals surface area contributed by atoms with E-state index in [4.69, 9.17) is 15.2 Å². The molecule has 0 saturated heterocycles. The Morgan fingerprint density at radius 3 is 2.50 bits per heavy atom. The number of fused-ring (bicyclic) bond motifs is 1. The summed E-state index contributed by atoms with van der Waals surface area (Å²) in [7, 11) is 0. The number of benzene rings is 2. The Bertz CT molecular complexity index is 1330. The Labute approximate surface area is 184 Å². The number of ether oxygens (including phenoxy) is 2. The number of imidazole rings is 1. The van der Waals surface area contributed by atoms with E-state index in [0.717, 1.165) is 0 Å². The number of hydrogen-bond donors (Lipinski definition) is 1. The molecule has 2 aromatic carbocycles. The van der Waals surface area contributed by atoms with Gasteiger partial charge >= 0.3 is 6.09 Å². The first-order chi connectivity index (χ1) is 15.2. The molecule has 4 aromatic rings. The van der Waals surface area contributed by atoms with Crippen molar-refractivity contribution in [3.8, 4) is 11.5 Å². The maximum atomic E-state index is 13.1. The van der Waals surface area contributed by atoms with E-state index in [9.17, 15) is 9.59 Å². The Morgan fingerprint density at radius 2 is 1.78 bits per heavy atom. The normalized spacial score (nSPS) is 11.5. The lowest BCUT2D eigenvalue weighted by Crippen LogP contribution is -2.29. The van der Waals surface area contributed by atoms with Crippen LogP contribution in [0, 0.1) is 0 Å². The van der Waals surface area contributed by atoms with E-state index in [-0.39, 0.29) is 17.8 Å². The van der Waals surface area contributed by atoms with Crippen LogP contribution in [0.25, 0.3) is 11.0 Å². The number of nitrogens with two attached hydrogens (primary N) is 1. The lowest BCUT2D eigenvalue weighted by atomic mass is 10.2. The topological polar surface area (TPSA) is 101 Å². The van der Waals surface area contributed by atoms with Crippen LogP contribution in [0.4, 0.5) is 10.5 Å². The van der Waals surface area contributed by atoms with Crippen molar-refractivity contribution >= 4 is 22.8 Å². The van der Waals surface area contributed by atoms with Crippen molar-refractivity contribution in [1.29, 1.82) is 0 Å². The molecule has 32 heavy (non-hydrogen) atoms. The van der Waals surface area contributed by atoms with Gasteiger partial charge in [-0.05, 0) is 57.2 Å². The average molecular weight is 432 g/mol. The molecule has 0 aliphatic rings. The summed E-state index contributed by atoms with van der Waals surface area (Å²) in [6.45, 7) is 5.39. The molecule has 8 nitrogen and oxygen atoms in total. The van der Waals surface area contributed by atoms with E-state index in [1.807, 2.05) is 30.3 Å². The average Bonchev–Trinajstić information content (AvgIpc) is 3.10. The maximum Gasteiger partial charge on any atom is 0.420 e. The van der Waals surface area contributed by atoms with Crippen LogP contribution in [0.2, 0.25) is 0 Å². The molecule has 0 spiro atoms. The minimum absolute atomic E-state index is 0.0303.